The fraction of sp³-hybridized carbons (Fsp3) is 0.607. The molecule has 3 heterocycles. The predicted octanol–water partition coefficient (Wildman–Crippen LogP) is 5.71. The number of unbranched alkanes of at least 4 members (excludes halogenated alkanes) is 1. The third-order valence-corrected chi connectivity index (χ3v) is 6.52. The van der Waals surface area contributed by atoms with Gasteiger partial charge in [-0.05, 0) is 43.7 Å². The van der Waals surface area contributed by atoms with E-state index in [2.05, 4.69) is 30.7 Å². The smallest absolute Gasteiger partial charge is 0.389 e. The van der Waals surface area contributed by atoms with Crippen LogP contribution in [0.15, 0.2) is 24.5 Å². The van der Waals surface area contributed by atoms with E-state index in [1.54, 1.807) is 6.20 Å². The van der Waals surface area contributed by atoms with Gasteiger partial charge in [-0.25, -0.2) is 4.79 Å². The van der Waals surface area contributed by atoms with E-state index < -0.39 is 17.7 Å². The molecule has 0 aliphatic carbocycles. The van der Waals surface area contributed by atoms with Crippen molar-refractivity contribution in [1.82, 2.24) is 9.97 Å². The number of aliphatic carboxylic acids is 1. The number of anilines is 1. The molecule has 0 spiro atoms. The summed E-state index contributed by atoms with van der Waals surface area (Å²) in [7, 11) is 0. The van der Waals surface area contributed by atoms with Crippen LogP contribution in [0.1, 0.15) is 84.6 Å². The Morgan fingerprint density at radius 1 is 1.20 bits per heavy atom. The molecule has 192 valence electrons. The largest absolute Gasteiger partial charge is 0.492 e. The zero-order valence-electron chi connectivity index (χ0n) is 22.4. The van der Waals surface area contributed by atoms with Crippen LogP contribution in [0.5, 0.6) is 5.75 Å². The van der Waals surface area contributed by atoms with Crippen molar-refractivity contribution >= 4 is 11.7 Å². The summed E-state index contributed by atoms with van der Waals surface area (Å²) in [5.41, 5.74) is 3.57. The Bertz CT molecular complexity index is 1000. The van der Waals surface area contributed by atoms with Crippen LogP contribution in [0.2, 0.25) is 0 Å². The van der Waals surface area contributed by atoms with E-state index in [4.69, 9.17) is 14.5 Å². The van der Waals surface area contributed by atoms with E-state index >= 15 is 0 Å². The molecule has 2 N–H and O–H groups in total. The van der Waals surface area contributed by atoms with Crippen molar-refractivity contribution in [2.75, 3.05) is 24.6 Å². The average molecular weight is 485 g/mol. The lowest BCUT2D eigenvalue weighted by molar-refractivity contribution is -0.218. The molecule has 35 heavy (non-hydrogen) atoms. The average Bonchev–Trinajstić information content (AvgIpc) is 2.78. The zero-order valence-corrected chi connectivity index (χ0v) is 22.4. The highest BCUT2D eigenvalue weighted by Crippen LogP contribution is 2.42. The minimum absolute atomic E-state index is 0.261. The number of aromatic nitrogens is 2. The first-order valence-electron chi connectivity index (χ1n) is 12.7. The monoisotopic (exact) mass is 484 g/mol. The van der Waals surface area contributed by atoms with Crippen molar-refractivity contribution in [3.05, 3.63) is 35.8 Å². The molecule has 0 amide bonds. The summed E-state index contributed by atoms with van der Waals surface area (Å²) in [6, 6.07) is 3.86. The lowest BCUT2D eigenvalue weighted by atomic mass is 9.82. The number of carboxylic acid groups (broad SMARTS) is 1. The molecule has 1 atom stereocenters. The van der Waals surface area contributed by atoms with Gasteiger partial charge in [0.1, 0.15) is 5.75 Å². The number of nitrogens with zero attached hydrogens (tertiary/aromatic N) is 3. The van der Waals surface area contributed by atoms with Crippen LogP contribution in [0.25, 0.3) is 11.3 Å². The van der Waals surface area contributed by atoms with Crippen molar-refractivity contribution in [1.29, 1.82) is 0 Å². The summed E-state index contributed by atoms with van der Waals surface area (Å²) in [6.07, 6.45) is 6.67. The maximum Gasteiger partial charge on any atom is 0.389 e. The molecule has 1 aliphatic rings. The highest BCUT2D eigenvalue weighted by Gasteiger charge is 2.39. The third-order valence-electron chi connectivity index (χ3n) is 6.52. The molecule has 0 radical (unpaired) electrons. The predicted molar refractivity (Wildman–Crippen MR) is 140 cm³/mol. The van der Waals surface area contributed by atoms with E-state index in [9.17, 15) is 9.90 Å². The van der Waals surface area contributed by atoms with Crippen LogP contribution in [-0.4, -0.2) is 51.1 Å². The van der Waals surface area contributed by atoms with Gasteiger partial charge in [0.2, 0.25) is 0 Å². The molecule has 7 nitrogen and oxygen atoms in total. The van der Waals surface area contributed by atoms with Gasteiger partial charge < -0.3 is 19.5 Å². The lowest BCUT2D eigenvalue weighted by Crippen LogP contribution is -2.40. The van der Waals surface area contributed by atoms with Gasteiger partial charge >= 0.3 is 5.97 Å². The van der Waals surface area contributed by atoms with Crippen LogP contribution >= 0.6 is 0 Å². The van der Waals surface area contributed by atoms with Gasteiger partial charge in [0, 0.05) is 45.6 Å². The first kappa shape index (κ1) is 26.9. The summed E-state index contributed by atoms with van der Waals surface area (Å²) in [4.78, 5) is 24.2. The first-order chi connectivity index (χ1) is 16.4. The van der Waals surface area contributed by atoms with Crippen LogP contribution in [0.3, 0.4) is 0 Å². The highest BCUT2D eigenvalue weighted by atomic mass is 16.5. The third kappa shape index (κ3) is 6.94. The number of aryl methyl sites for hydroxylation is 1. The molecule has 0 bridgehead atoms. The van der Waals surface area contributed by atoms with Gasteiger partial charge in [0.15, 0.2) is 5.60 Å². The van der Waals surface area contributed by atoms with Gasteiger partial charge in [-0.2, -0.15) is 0 Å². The van der Waals surface area contributed by atoms with Gasteiger partial charge in [0.25, 0.3) is 6.10 Å². The van der Waals surface area contributed by atoms with Gasteiger partial charge in [0.05, 0.1) is 35.4 Å². The van der Waals surface area contributed by atoms with E-state index in [0.29, 0.717) is 17.9 Å². The molecule has 1 unspecified atom stereocenters. The highest BCUT2D eigenvalue weighted by molar-refractivity contribution is 5.85. The van der Waals surface area contributed by atoms with E-state index in [-0.39, 0.29) is 5.41 Å². The fourth-order valence-electron chi connectivity index (χ4n) is 4.39. The Balaban J connectivity index is 2.12. The molecule has 2 aromatic rings. The van der Waals surface area contributed by atoms with Crippen LogP contribution in [0, 0.1) is 12.3 Å². The Morgan fingerprint density at radius 3 is 2.43 bits per heavy atom. The normalized spacial score (nSPS) is 16.7. The minimum Gasteiger partial charge on any atom is -0.492 e. The van der Waals surface area contributed by atoms with Crippen molar-refractivity contribution < 1.29 is 19.4 Å². The summed E-state index contributed by atoms with van der Waals surface area (Å²) in [6.45, 7) is 16.7. The first-order valence-corrected chi connectivity index (χ1v) is 12.7. The van der Waals surface area contributed by atoms with Gasteiger partial charge in [-0.15, -0.1) is 0 Å². The number of hydrogen-bond acceptors (Lipinski definition) is 5. The summed E-state index contributed by atoms with van der Waals surface area (Å²) < 4.78 is 10.5. The number of carbonyl (C=O) groups is 1. The Kier molecular flexibility index (Phi) is 8.42. The molecule has 2 aromatic heterocycles. The van der Waals surface area contributed by atoms with Crippen molar-refractivity contribution in [2.24, 2.45) is 5.41 Å². The molecule has 1 fully saturated rings. The maximum atomic E-state index is 12.5. The number of piperidine rings is 1. The second-order valence-corrected chi connectivity index (χ2v) is 11.3. The Morgan fingerprint density at radius 2 is 1.89 bits per heavy atom. The molecule has 0 saturated carbocycles. The number of aliphatic hydroxyl groups is 2. The lowest BCUT2D eigenvalue weighted by Gasteiger charge is -2.40. The summed E-state index contributed by atoms with van der Waals surface area (Å²) >= 11 is 0. The second kappa shape index (κ2) is 10.9. The standard InChI is InChI=1S/C28H41N3O4/c1-8-9-16-34-20-10-11-22(30-17-20)21-18-29-19(2)23(25(26(32)33)35-27(3,4)5)24(21)31-14-12-28(6,7)13-15-31/h10-11,17-18,25H,8-9,12-16H2,1-7H3,(H,32,33)/p+1. The summed E-state index contributed by atoms with van der Waals surface area (Å²) in [5, 5.41) is 10.2. The quantitative estimate of drug-likeness (QED) is 0.362. The van der Waals surface area contributed by atoms with Gasteiger partial charge in [-0.3, -0.25) is 9.97 Å². The molecular formula is C28H42N3O4+. The Labute approximate surface area is 209 Å². The summed E-state index contributed by atoms with van der Waals surface area (Å²) in [5.74, 6) is -0.233. The minimum atomic E-state index is -1.01. The van der Waals surface area contributed by atoms with Crippen molar-refractivity contribution in [3.63, 3.8) is 0 Å². The molecule has 1 saturated heterocycles. The van der Waals surface area contributed by atoms with Crippen molar-refractivity contribution in [3.8, 4) is 17.0 Å². The second-order valence-electron chi connectivity index (χ2n) is 11.3. The van der Waals surface area contributed by atoms with Crippen LogP contribution in [0.4, 0.5) is 5.69 Å². The topological polar surface area (TPSA) is 88.3 Å². The number of pyridine rings is 2. The van der Waals surface area contributed by atoms with E-state index in [1.165, 1.54) is 0 Å². The molecule has 7 heteroatoms. The fourth-order valence-corrected chi connectivity index (χ4v) is 4.39. The molecule has 0 aromatic carbocycles. The van der Waals surface area contributed by atoms with Crippen LogP contribution < -0.4 is 9.64 Å². The SMILES string of the molecule is CCCCOc1ccc(-c2cnc(C)c(C([OH+]C(C)(C)C)C(=O)O)c2N2CCC(C)(C)CC2)nc1. The molecule has 1 aliphatic heterocycles. The molecule has 3 rings (SSSR count). The van der Waals surface area contributed by atoms with Crippen molar-refractivity contribution in [2.45, 2.75) is 85.9 Å². The Hall–Kier alpha value is -2.67. The maximum absolute atomic E-state index is 12.5. The number of hydrogen-bond donors (Lipinski definition) is 1. The van der Waals surface area contributed by atoms with E-state index in [0.717, 1.165) is 61.5 Å². The number of carboxylic acids is 1. The molecular weight excluding hydrogens is 442 g/mol. The van der Waals surface area contributed by atoms with Gasteiger partial charge in [-0.1, -0.05) is 27.2 Å². The zero-order chi connectivity index (χ0) is 25.8. The number of rotatable bonds is 9. The van der Waals surface area contributed by atoms with Crippen LogP contribution in [-0.2, 0) is 4.79 Å². The number of ether oxygens (including phenoxy) is 2. The van der Waals surface area contributed by atoms with E-state index in [1.807, 2.05) is 46.0 Å².